The molecule has 7 nitrogen and oxygen atoms in total. The average molecular weight is 415 g/mol. The summed E-state index contributed by atoms with van der Waals surface area (Å²) in [6.45, 7) is 4.76. The number of hydrogen-bond acceptors (Lipinski definition) is 5. The zero-order valence-electron chi connectivity index (χ0n) is 16.6. The van der Waals surface area contributed by atoms with Crippen LogP contribution in [0.4, 0.5) is 5.69 Å². The Hall–Kier alpha value is -3.06. The molecule has 0 saturated carbocycles. The van der Waals surface area contributed by atoms with Crippen molar-refractivity contribution in [2.24, 2.45) is 5.92 Å². The Balaban J connectivity index is 1.72. The molecule has 0 radical (unpaired) electrons. The van der Waals surface area contributed by atoms with Crippen LogP contribution in [0.5, 0.6) is 11.5 Å². The molecule has 0 aliphatic heterocycles. The summed E-state index contributed by atoms with van der Waals surface area (Å²) in [7, 11) is 1.52. The summed E-state index contributed by atoms with van der Waals surface area (Å²) < 4.78 is 12.9. The fraction of sp³-hybridized carbons (Fsp3) is 0.286. The van der Waals surface area contributed by atoms with Crippen LogP contribution in [0.15, 0.2) is 49.2 Å². The SMILES string of the molecule is COc1cc(C(=O)Nc2ccc(-n3ccnc3)nc2)cc(Cl)c1OCCC(C)C. The van der Waals surface area contributed by atoms with Crippen LogP contribution in [0.1, 0.15) is 30.6 Å². The number of pyridine rings is 1. The molecule has 1 amide bonds. The largest absolute Gasteiger partial charge is 0.493 e. The van der Waals surface area contributed by atoms with E-state index in [1.54, 1.807) is 53.8 Å². The van der Waals surface area contributed by atoms with Crippen LogP contribution in [0, 0.1) is 5.92 Å². The van der Waals surface area contributed by atoms with Crippen LogP contribution < -0.4 is 14.8 Å². The van der Waals surface area contributed by atoms with Gasteiger partial charge in [0.25, 0.3) is 5.91 Å². The Morgan fingerprint density at radius 3 is 2.76 bits per heavy atom. The molecule has 0 atom stereocenters. The summed E-state index contributed by atoms with van der Waals surface area (Å²) in [5, 5.41) is 3.13. The molecule has 2 aromatic heterocycles. The van der Waals surface area contributed by atoms with E-state index >= 15 is 0 Å². The lowest BCUT2D eigenvalue weighted by Gasteiger charge is -2.15. The lowest BCUT2D eigenvalue weighted by molar-refractivity contribution is 0.102. The van der Waals surface area contributed by atoms with E-state index in [1.165, 1.54) is 7.11 Å². The van der Waals surface area contributed by atoms with Crippen molar-refractivity contribution < 1.29 is 14.3 Å². The minimum atomic E-state index is -0.323. The van der Waals surface area contributed by atoms with Crippen molar-refractivity contribution in [3.05, 3.63) is 59.8 Å². The number of anilines is 1. The van der Waals surface area contributed by atoms with Gasteiger partial charge in [-0.1, -0.05) is 25.4 Å². The molecule has 3 rings (SSSR count). The number of halogens is 1. The molecule has 0 fully saturated rings. The van der Waals surface area contributed by atoms with Crippen LogP contribution in [-0.2, 0) is 0 Å². The van der Waals surface area contributed by atoms with Gasteiger partial charge in [0.2, 0.25) is 0 Å². The maximum Gasteiger partial charge on any atom is 0.255 e. The first-order valence-electron chi connectivity index (χ1n) is 9.24. The van der Waals surface area contributed by atoms with Gasteiger partial charge >= 0.3 is 0 Å². The molecule has 0 aliphatic rings. The van der Waals surface area contributed by atoms with Crippen molar-refractivity contribution in [1.82, 2.24) is 14.5 Å². The van der Waals surface area contributed by atoms with Gasteiger partial charge in [0.15, 0.2) is 11.5 Å². The quantitative estimate of drug-likeness (QED) is 0.582. The van der Waals surface area contributed by atoms with E-state index in [2.05, 4.69) is 29.1 Å². The Morgan fingerprint density at radius 2 is 2.14 bits per heavy atom. The number of methoxy groups -OCH3 is 1. The summed E-state index contributed by atoms with van der Waals surface area (Å²) >= 11 is 6.35. The fourth-order valence-corrected chi connectivity index (χ4v) is 2.86. The third kappa shape index (κ3) is 5.26. The summed E-state index contributed by atoms with van der Waals surface area (Å²) in [5.41, 5.74) is 0.924. The second-order valence-electron chi connectivity index (χ2n) is 6.85. The van der Waals surface area contributed by atoms with Gasteiger partial charge in [-0.15, -0.1) is 0 Å². The number of hydrogen-bond donors (Lipinski definition) is 1. The zero-order valence-corrected chi connectivity index (χ0v) is 17.3. The van der Waals surface area contributed by atoms with E-state index in [0.717, 1.165) is 6.42 Å². The average Bonchev–Trinajstić information content (AvgIpc) is 3.24. The number of amides is 1. The van der Waals surface area contributed by atoms with Gasteiger partial charge < -0.3 is 14.8 Å². The number of benzene rings is 1. The van der Waals surface area contributed by atoms with Crippen molar-refractivity contribution in [2.75, 3.05) is 19.0 Å². The third-order valence-electron chi connectivity index (χ3n) is 4.21. The standard InChI is InChI=1S/C21H23ClN4O3/c1-14(2)6-9-29-20-17(22)10-15(11-18(20)28-3)21(27)25-16-4-5-19(24-12-16)26-8-7-23-13-26/h4-5,7-8,10-14H,6,9H2,1-3H3,(H,25,27). The molecule has 1 N–H and O–H groups in total. The molecule has 8 heteroatoms. The van der Waals surface area contributed by atoms with Gasteiger partial charge in [-0.05, 0) is 36.6 Å². The molecule has 152 valence electrons. The van der Waals surface area contributed by atoms with Gasteiger partial charge in [-0.2, -0.15) is 0 Å². The van der Waals surface area contributed by atoms with E-state index in [-0.39, 0.29) is 5.91 Å². The first-order valence-corrected chi connectivity index (χ1v) is 9.61. The van der Waals surface area contributed by atoms with Crippen LogP contribution in [0.3, 0.4) is 0 Å². The molecule has 0 bridgehead atoms. The van der Waals surface area contributed by atoms with Crippen LogP contribution in [-0.4, -0.2) is 34.2 Å². The highest BCUT2D eigenvalue weighted by Crippen LogP contribution is 2.36. The minimum Gasteiger partial charge on any atom is -0.493 e. The summed E-state index contributed by atoms with van der Waals surface area (Å²) in [5.74, 6) is 1.75. The van der Waals surface area contributed by atoms with E-state index in [9.17, 15) is 4.79 Å². The van der Waals surface area contributed by atoms with Gasteiger partial charge in [-0.3, -0.25) is 9.36 Å². The zero-order chi connectivity index (χ0) is 20.8. The number of carbonyl (C=O) groups is 1. The fourth-order valence-electron chi connectivity index (χ4n) is 2.60. The Labute approximate surface area is 174 Å². The number of nitrogens with one attached hydrogen (secondary N) is 1. The third-order valence-corrected chi connectivity index (χ3v) is 4.49. The smallest absolute Gasteiger partial charge is 0.255 e. The predicted octanol–water partition coefficient (Wildman–Crippen LogP) is 4.61. The van der Waals surface area contributed by atoms with E-state index in [0.29, 0.717) is 46.1 Å². The molecule has 29 heavy (non-hydrogen) atoms. The molecule has 3 aromatic rings. The summed E-state index contributed by atoms with van der Waals surface area (Å²) in [6, 6.07) is 6.73. The van der Waals surface area contributed by atoms with Crippen LogP contribution in [0.2, 0.25) is 5.02 Å². The van der Waals surface area contributed by atoms with Crippen LogP contribution >= 0.6 is 11.6 Å². The lowest BCUT2D eigenvalue weighted by atomic mass is 10.1. The highest BCUT2D eigenvalue weighted by Gasteiger charge is 2.16. The van der Waals surface area contributed by atoms with E-state index in [4.69, 9.17) is 21.1 Å². The summed E-state index contributed by atoms with van der Waals surface area (Å²) in [4.78, 5) is 21.0. The number of aromatic nitrogens is 3. The van der Waals surface area contributed by atoms with Gasteiger partial charge in [0, 0.05) is 18.0 Å². The maximum atomic E-state index is 12.7. The molecular formula is C21H23ClN4O3. The molecule has 0 spiro atoms. The van der Waals surface area contributed by atoms with Crippen LogP contribution in [0.25, 0.3) is 5.82 Å². The lowest BCUT2D eigenvalue weighted by Crippen LogP contribution is -2.13. The van der Waals surface area contributed by atoms with Crippen molar-refractivity contribution in [1.29, 1.82) is 0 Å². The molecule has 0 aliphatic carbocycles. The first-order chi connectivity index (χ1) is 14.0. The molecule has 2 heterocycles. The monoisotopic (exact) mass is 414 g/mol. The number of nitrogens with zero attached hydrogens (tertiary/aromatic N) is 3. The molecule has 0 saturated heterocycles. The van der Waals surface area contributed by atoms with Crippen molar-refractivity contribution in [3.63, 3.8) is 0 Å². The van der Waals surface area contributed by atoms with Gasteiger partial charge in [0.05, 0.1) is 30.6 Å². The Morgan fingerprint density at radius 1 is 1.31 bits per heavy atom. The van der Waals surface area contributed by atoms with Crippen molar-refractivity contribution in [3.8, 4) is 17.3 Å². The second-order valence-corrected chi connectivity index (χ2v) is 7.26. The first kappa shape index (κ1) is 20.7. The Bertz CT molecular complexity index is 957. The van der Waals surface area contributed by atoms with Gasteiger partial charge in [0.1, 0.15) is 12.1 Å². The molecule has 1 aromatic carbocycles. The number of ether oxygens (including phenoxy) is 2. The molecule has 0 unspecified atom stereocenters. The molecular weight excluding hydrogens is 392 g/mol. The second kappa shape index (κ2) is 9.43. The number of imidazole rings is 1. The summed E-state index contributed by atoms with van der Waals surface area (Å²) in [6.07, 6.45) is 7.59. The highest BCUT2D eigenvalue weighted by atomic mass is 35.5. The van der Waals surface area contributed by atoms with Gasteiger partial charge in [-0.25, -0.2) is 9.97 Å². The minimum absolute atomic E-state index is 0.323. The number of rotatable bonds is 8. The van der Waals surface area contributed by atoms with E-state index in [1.807, 2.05) is 0 Å². The normalized spacial score (nSPS) is 10.8. The van der Waals surface area contributed by atoms with Crippen molar-refractivity contribution in [2.45, 2.75) is 20.3 Å². The topological polar surface area (TPSA) is 78.3 Å². The predicted molar refractivity (Wildman–Crippen MR) is 112 cm³/mol. The van der Waals surface area contributed by atoms with Crippen molar-refractivity contribution >= 4 is 23.2 Å². The van der Waals surface area contributed by atoms with E-state index < -0.39 is 0 Å². The maximum absolute atomic E-state index is 12.7. The number of carbonyl (C=O) groups excluding carboxylic acids is 1. The Kier molecular flexibility index (Phi) is 6.72. The highest BCUT2D eigenvalue weighted by molar-refractivity contribution is 6.32.